The van der Waals surface area contributed by atoms with Gasteiger partial charge in [0, 0.05) is 37.4 Å². The fraction of sp³-hybridized carbons (Fsp3) is 0.357. The first-order valence-electron chi connectivity index (χ1n) is 11.8. The second-order valence-corrected chi connectivity index (χ2v) is 10.6. The van der Waals surface area contributed by atoms with Crippen molar-refractivity contribution in [3.63, 3.8) is 0 Å². The van der Waals surface area contributed by atoms with Gasteiger partial charge in [0.1, 0.15) is 11.6 Å². The molecule has 0 radical (unpaired) electrons. The van der Waals surface area contributed by atoms with Gasteiger partial charge < -0.3 is 9.67 Å². The summed E-state index contributed by atoms with van der Waals surface area (Å²) in [6, 6.07) is 9.80. The summed E-state index contributed by atoms with van der Waals surface area (Å²) in [6.45, 7) is 10.0. The van der Waals surface area contributed by atoms with E-state index < -0.39 is 5.97 Å². The summed E-state index contributed by atoms with van der Waals surface area (Å²) in [7, 11) is 0. The van der Waals surface area contributed by atoms with E-state index in [0.717, 1.165) is 27.6 Å². The van der Waals surface area contributed by atoms with E-state index in [9.17, 15) is 4.79 Å². The van der Waals surface area contributed by atoms with Crippen LogP contribution in [0.25, 0.3) is 28.0 Å². The van der Waals surface area contributed by atoms with E-state index in [1.807, 2.05) is 12.1 Å². The zero-order chi connectivity index (χ0) is 24.7. The van der Waals surface area contributed by atoms with E-state index in [1.165, 1.54) is 70.5 Å². The summed E-state index contributed by atoms with van der Waals surface area (Å²) < 4.78 is 2.49. The van der Waals surface area contributed by atoms with Crippen LogP contribution in [0.3, 0.4) is 0 Å². The quantitative estimate of drug-likeness (QED) is 0.167. The monoisotopic (exact) mass is 492 g/mol. The molecule has 0 aliphatic carbocycles. The van der Waals surface area contributed by atoms with E-state index in [4.69, 9.17) is 10.4 Å². The molecule has 0 aromatic carbocycles. The van der Waals surface area contributed by atoms with Gasteiger partial charge in [0.05, 0.1) is 0 Å². The highest BCUT2D eigenvalue weighted by Crippen LogP contribution is 2.35. The van der Waals surface area contributed by atoms with Crippen molar-refractivity contribution in [1.29, 1.82) is 5.26 Å². The predicted octanol–water partition coefficient (Wildman–Crippen LogP) is 8.20. The Hall–Kier alpha value is -2.88. The van der Waals surface area contributed by atoms with Crippen LogP contribution in [0, 0.1) is 25.2 Å². The van der Waals surface area contributed by atoms with Crippen LogP contribution in [0.2, 0.25) is 0 Å². The average Bonchev–Trinajstić information content (AvgIpc) is 3.52. The van der Waals surface area contributed by atoms with Crippen LogP contribution in [0.5, 0.6) is 0 Å². The summed E-state index contributed by atoms with van der Waals surface area (Å²) in [6.07, 6.45) is 11.9. The number of nitriles is 1. The molecule has 4 nitrogen and oxygen atoms in total. The first kappa shape index (κ1) is 25.7. The predicted molar refractivity (Wildman–Crippen MR) is 145 cm³/mol. The number of hydrogen-bond donors (Lipinski definition) is 1. The number of hydrogen-bond acceptors (Lipinski definition) is 4. The second kappa shape index (κ2) is 12.0. The fourth-order valence-corrected chi connectivity index (χ4v) is 6.23. The van der Waals surface area contributed by atoms with Crippen LogP contribution >= 0.6 is 22.7 Å². The molecule has 3 aromatic heterocycles. The molecular formula is C28H32N2O2S2. The number of thiophene rings is 2. The van der Waals surface area contributed by atoms with Crippen molar-refractivity contribution in [2.24, 2.45) is 0 Å². The Balaban J connectivity index is 1.82. The number of unbranched alkanes of at least 4 members (excludes halogenated alkanes) is 3. The molecule has 0 amide bonds. The summed E-state index contributed by atoms with van der Waals surface area (Å²) in [4.78, 5) is 15.2. The first-order valence-corrected chi connectivity index (χ1v) is 13.4. The van der Waals surface area contributed by atoms with Crippen molar-refractivity contribution < 1.29 is 9.90 Å². The lowest BCUT2D eigenvalue weighted by atomic mass is 10.1. The lowest BCUT2D eigenvalue weighted by Gasteiger charge is -2.10. The average molecular weight is 493 g/mol. The van der Waals surface area contributed by atoms with Gasteiger partial charge in [-0.25, -0.2) is 4.79 Å². The summed E-state index contributed by atoms with van der Waals surface area (Å²) >= 11 is 3.21. The maximum Gasteiger partial charge on any atom is 0.346 e. The van der Waals surface area contributed by atoms with Gasteiger partial charge in [-0.15, -0.1) is 22.7 Å². The van der Waals surface area contributed by atoms with Crippen LogP contribution < -0.4 is 0 Å². The normalized spacial score (nSPS) is 11.9. The van der Waals surface area contributed by atoms with Gasteiger partial charge in [0.15, 0.2) is 0 Å². The van der Waals surface area contributed by atoms with Crippen molar-refractivity contribution >= 4 is 46.9 Å². The Morgan fingerprint density at radius 2 is 1.71 bits per heavy atom. The van der Waals surface area contributed by atoms with E-state index in [1.54, 1.807) is 17.4 Å². The van der Waals surface area contributed by atoms with E-state index in [2.05, 4.69) is 56.5 Å². The summed E-state index contributed by atoms with van der Waals surface area (Å²) in [5.41, 5.74) is 5.28. The SMILES string of the molecule is CCCCCCn1c(C)c(CC)c(C)c1C=Cc1ccc(-c2ccc(C=C(C#N)C(=O)O)s2)s1. The molecule has 3 rings (SSSR count). The van der Waals surface area contributed by atoms with E-state index >= 15 is 0 Å². The van der Waals surface area contributed by atoms with E-state index in [-0.39, 0.29) is 5.57 Å². The highest BCUT2D eigenvalue weighted by atomic mass is 32.1. The number of rotatable bonds is 11. The number of aliphatic carboxylic acids is 1. The minimum Gasteiger partial charge on any atom is -0.477 e. The smallest absolute Gasteiger partial charge is 0.346 e. The van der Waals surface area contributed by atoms with Crippen molar-refractivity contribution in [3.05, 3.63) is 62.1 Å². The Labute approximate surface area is 210 Å². The minimum atomic E-state index is -1.20. The topological polar surface area (TPSA) is 66.0 Å². The number of carbonyl (C=O) groups is 1. The molecule has 0 aliphatic heterocycles. The largest absolute Gasteiger partial charge is 0.477 e. The number of carboxylic acid groups (broad SMARTS) is 1. The zero-order valence-electron chi connectivity index (χ0n) is 20.4. The number of nitrogens with zero attached hydrogens (tertiary/aromatic N) is 2. The Morgan fingerprint density at radius 3 is 2.32 bits per heavy atom. The molecule has 1 N–H and O–H groups in total. The lowest BCUT2D eigenvalue weighted by Crippen LogP contribution is -2.03. The molecule has 0 fully saturated rings. The summed E-state index contributed by atoms with van der Waals surface area (Å²) in [5.74, 6) is -1.20. The van der Waals surface area contributed by atoms with Crippen LogP contribution in [0.1, 0.15) is 71.8 Å². The zero-order valence-corrected chi connectivity index (χ0v) is 22.0. The molecule has 0 aliphatic rings. The Bertz CT molecular complexity index is 1250. The minimum absolute atomic E-state index is 0.252. The molecule has 0 unspecified atom stereocenters. The van der Waals surface area contributed by atoms with Crippen LogP contribution in [0.4, 0.5) is 0 Å². The maximum atomic E-state index is 11.1. The third kappa shape index (κ3) is 5.97. The van der Waals surface area contributed by atoms with Crippen LogP contribution in [0.15, 0.2) is 29.8 Å². The highest BCUT2D eigenvalue weighted by molar-refractivity contribution is 7.23. The molecule has 178 valence electrons. The number of aromatic nitrogens is 1. The third-order valence-corrected chi connectivity index (χ3v) is 8.38. The highest BCUT2D eigenvalue weighted by Gasteiger charge is 2.14. The lowest BCUT2D eigenvalue weighted by molar-refractivity contribution is -0.132. The maximum absolute atomic E-state index is 11.1. The first-order chi connectivity index (χ1) is 16.4. The van der Waals surface area contributed by atoms with Gasteiger partial charge in [-0.3, -0.25) is 0 Å². The third-order valence-electron chi connectivity index (χ3n) is 6.10. The number of carboxylic acids is 1. The second-order valence-electron chi connectivity index (χ2n) is 8.35. The standard InChI is InChI=1S/C28H32N2O2S2/c1-5-7-8-9-16-30-20(4)24(6-2)19(3)25(30)13-10-22-11-14-26(33-22)27-15-12-23(34-27)17-21(18-29)28(31)32/h10-15,17H,5-9,16H2,1-4H3,(H,31,32). The summed E-state index contributed by atoms with van der Waals surface area (Å²) in [5, 5.41) is 18.0. The molecule has 0 saturated heterocycles. The Morgan fingerprint density at radius 1 is 1.03 bits per heavy atom. The van der Waals surface area contributed by atoms with Crippen LogP contribution in [-0.4, -0.2) is 15.6 Å². The molecule has 0 saturated carbocycles. The van der Waals surface area contributed by atoms with Gasteiger partial charge in [-0.05, 0) is 80.3 Å². The molecule has 6 heteroatoms. The van der Waals surface area contributed by atoms with Crippen molar-refractivity contribution in [3.8, 4) is 15.8 Å². The van der Waals surface area contributed by atoms with Gasteiger partial charge in [0.2, 0.25) is 0 Å². The fourth-order valence-electron chi connectivity index (χ4n) is 4.28. The molecular weight excluding hydrogens is 460 g/mol. The van der Waals surface area contributed by atoms with Gasteiger partial charge >= 0.3 is 5.97 Å². The van der Waals surface area contributed by atoms with Crippen molar-refractivity contribution in [2.75, 3.05) is 0 Å². The van der Waals surface area contributed by atoms with E-state index in [0.29, 0.717) is 0 Å². The van der Waals surface area contributed by atoms with Crippen LogP contribution in [-0.2, 0) is 17.8 Å². The molecule has 3 aromatic rings. The Kier molecular flexibility index (Phi) is 9.09. The van der Waals surface area contributed by atoms with Gasteiger partial charge in [-0.2, -0.15) is 5.26 Å². The van der Waals surface area contributed by atoms with Crippen molar-refractivity contribution in [1.82, 2.24) is 4.57 Å². The molecule has 0 bridgehead atoms. The van der Waals surface area contributed by atoms with Crippen molar-refractivity contribution in [2.45, 2.75) is 66.3 Å². The molecule has 0 atom stereocenters. The molecule has 3 heterocycles. The van der Waals surface area contributed by atoms with Gasteiger partial charge in [0.25, 0.3) is 0 Å². The molecule has 34 heavy (non-hydrogen) atoms. The van der Waals surface area contributed by atoms with Gasteiger partial charge in [-0.1, -0.05) is 33.1 Å². The molecule has 0 spiro atoms.